The van der Waals surface area contributed by atoms with E-state index in [1.807, 2.05) is 31.2 Å². The molecule has 2 aliphatic rings. The van der Waals surface area contributed by atoms with E-state index in [9.17, 15) is 35.3 Å². The number of nitriles is 1. The minimum atomic E-state index is -1.61. The maximum absolute atomic E-state index is 11.5. The van der Waals surface area contributed by atoms with Crippen LogP contribution in [0.4, 0.5) is 5.69 Å². The largest absolute Gasteiger partial charge is 0.488 e. The average Bonchev–Trinajstić information content (AvgIpc) is 3.61. The number of hydrogen-bond donors (Lipinski definition) is 5. The molecule has 3 aromatic carbocycles. The topological polar surface area (TPSA) is 189 Å². The Balaban J connectivity index is 1.14. The lowest BCUT2D eigenvalue weighted by Gasteiger charge is -2.35. The first kappa shape index (κ1) is 40.4. The summed E-state index contributed by atoms with van der Waals surface area (Å²) in [7, 11) is 0. The zero-order valence-electron chi connectivity index (χ0n) is 31.2. The Labute approximate surface area is 330 Å². The summed E-state index contributed by atoms with van der Waals surface area (Å²) in [4.78, 5) is 31.6. The summed E-state index contributed by atoms with van der Waals surface area (Å²) in [6.07, 6.45) is 5.35. The lowest BCUT2D eigenvalue weighted by Crippen LogP contribution is -2.49. The molecule has 1 saturated heterocycles. The summed E-state index contributed by atoms with van der Waals surface area (Å²) < 4.78 is 12.5. The van der Waals surface area contributed by atoms with Gasteiger partial charge < -0.3 is 39.7 Å². The van der Waals surface area contributed by atoms with Gasteiger partial charge in [0.25, 0.3) is 0 Å². The number of carbonyl (C=O) groups is 2. The number of ether oxygens (including phenoxy) is 2. The van der Waals surface area contributed by atoms with E-state index in [1.54, 1.807) is 18.3 Å². The van der Waals surface area contributed by atoms with Gasteiger partial charge in [-0.15, -0.1) is 0 Å². The number of aliphatic hydroxyl groups is 2. The Morgan fingerprint density at radius 3 is 2.46 bits per heavy atom. The van der Waals surface area contributed by atoms with Crippen LogP contribution in [0.5, 0.6) is 11.5 Å². The van der Waals surface area contributed by atoms with E-state index in [0.29, 0.717) is 46.3 Å². The third-order valence-corrected chi connectivity index (χ3v) is 11.0. The molecule has 0 saturated carbocycles. The zero-order chi connectivity index (χ0) is 39.8. The fraction of sp³-hybridized carbons (Fsp3) is 0.381. The molecule has 3 heterocycles. The van der Waals surface area contributed by atoms with Gasteiger partial charge in [-0.25, -0.2) is 4.79 Å². The van der Waals surface area contributed by atoms with Crippen LogP contribution < -0.4 is 19.7 Å². The van der Waals surface area contributed by atoms with Gasteiger partial charge in [0.05, 0.1) is 17.2 Å². The maximum atomic E-state index is 11.5. The second-order valence-corrected chi connectivity index (χ2v) is 14.7. The van der Waals surface area contributed by atoms with E-state index in [1.165, 1.54) is 17.4 Å². The van der Waals surface area contributed by atoms with Crippen LogP contribution in [0.25, 0.3) is 11.1 Å². The molecule has 294 valence electrons. The molecule has 56 heavy (non-hydrogen) atoms. The van der Waals surface area contributed by atoms with Crippen LogP contribution in [-0.2, 0) is 35.8 Å². The third kappa shape index (κ3) is 9.41. The smallest absolute Gasteiger partial charge is 0.335 e. The summed E-state index contributed by atoms with van der Waals surface area (Å²) in [6.45, 7) is 5.41. The summed E-state index contributed by atoms with van der Waals surface area (Å²) in [5.74, 6) is -1.33. The van der Waals surface area contributed by atoms with Gasteiger partial charge in [-0.1, -0.05) is 41.9 Å². The van der Waals surface area contributed by atoms with Crippen molar-refractivity contribution in [3.63, 3.8) is 0 Å². The molecular weight excluding hydrogens is 738 g/mol. The summed E-state index contributed by atoms with van der Waals surface area (Å²) in [5, 5.41) is 51.3. The van der Waals surface area contributed by atoms with Gasteiger partial charge in [-0.2, -0.15) is 5.26 Å². The van der Waals surface area contributed by atoms with Crippen LogP contribution in [0.2, 0.25) is 5.02 Å². The summed E-state index contributed by atoms with van der Waals surface area (Å²) in [5.41, 5.74) is 6.11. The highest BCUT2D eigenvalue weighted by Gasteiger charge is 2.39. The first-order valence-corrected chi connectivity index (χ1v) is 19.0. The van der Waals surface area contributed by atoms with Gasteiger partial charge in [0.15, 0.2) is 5.60 Å². The number of pyridine rings is 1. The van der Waals surface area contributed by atoms with Crippen molar-refractivity contribution in [2.24, 2.45) is 0 Å². The molecule has 6 rings (SSSR count). The first-order chi connectivity index (χ1) is 27.0. The number of hydrogen-bond acceptors (Lipinski definition) is 11. The number of fused-ring (bicyclic) bond motifs is 1. The van der Waals surface area contributed by atoms with Crippen molar-refractivity contribution in [2.45, 2.75) is 64.0 Å². The van der Waals surface area contributed by atoms with Crippen molar-refractivity contribution in [1.82, 2.24) is 15.2 Å². The number of benzene rings is 3. The molecule has 0 bridgehead atoms. The molecule has 14 heteroatoms. The SMILES string of the molecule is Cc1cc(CN[C@@H](CO)C(=O)O)c(OCc2cncc(C#N)c2)cc1OCc1cccc(-c2cccc3c2CCN3CCCN2CCC(O)(C(=O)O)CC2)c1Cl. The standard InChI is InChI=1S/C42H46ClN5O8/c1-27-17-31(23-46-35(24-49)40(50)51)38(55-25-29-18-28(20-44)21-45-22-29)19-37(27)56-26-30-5-2-7-34(39(30)43)32-6-3-8-36-33(32)9-14-48(36)13-4-12-47-15-10-42(54,11-16-47)41(52)53/h2-3,5-8,17-19,21-22,35,46,49,54H,4,9-16,23-26H2,1H3,(H,50,51)(H,52,53)/t35-/m0/s1. The summed E-state index contributed by atoms with van der Waals surface area (Å²) in [6, 6.07) is 18.4. The molecular formula is C42H46ClN5O8. The van der Waals surface area contributed by atoms with E-state index in [2.05, 4.69) is 44.4 Å². The molecule has 0 unspecified atom stereocenters. The number of rotatable bonds is 17. The highest BCUT2D eigenvalue weighted by molar-refractivity contribution is 6.34. The Morgan fingerprint density at radius 1 is 0.982 bits per heavy atom. The quantitative estimate of drug-likeness (QED) is 0.0970. The van der Waals surface area contributed by atoms with Gasteiger partial charge in [-0.05, 0) is 74.0 Å². The van der Waals surface area contributed by atoms with Crippen molar-refractivity contribution in [3.8, 4) is 28.7 Å². The number of carboxylic acids is 2. The van der Waals surface area contributed by atoms with E-state index in [4.69, 9.17) is 21.1 Å². The number of nitrogens with zero attached hydrogens (tertiary/aromatic N) is 4. The van der Waals surface area contributed by atoms with Crippen molar-refractivity contribution < 1.29 is 39.5 Å². The zero-order valence-corrected chi connectivity index (χ0v) is 32.0. The fourth-order valence-electron chi connectivity index (χ4n) is 7.29. The van der Waals surface area contributed by atoms with Gasteiger partial charge in [-0.3, -0.25) is 15.1 Å². The molecule has 1 fully saturated rings. The lowest BCUT2D eigenvalue weighted by molar-refractivity contribution is -0.163. The number of piperidine rings is 1. The van der Waals surface area contributed by atoms with Crippen molar-refractivity contribution >= 4 is 29.2 Å². The van der Waals surface area contributed by atoms with Crippen LogP contribution in [0.15, 0.2) is 67.0 Å². The molecule has 13 nitrogen and oxygen atoms in total. The minimum Gasteiger partial charge on any atom is -0.488 e. The second-order valence-electron chi connectivity index (χ2n) is 14.3. The predicted molar refractivity (Wildman–Crippen MR) is 210 cm³/mol. The van der Waals surface area contributed by atoms with Crippen LogP contribution in [-0.4, -0.2) is 93.2 Å². The molecule has 0 amide bonds. The molecule has 0 spiro atoms. The fourth-order valence-corrected chi connectivity index (χ4v) is 7.58. The van der Waals surface area contributed by atoms with Crippen LogP contribution in [0.3, 0.4) is 0 Å². The van der Waals surface area contributed by atoms with Crippen LogP contribution >= 0.6 is 11.6 Å². The number of nitrogens with one attached hydrogen (secondary N) is 1. The third-order valence-electron chi connectivity index (χ3n) is 10.6. The number of aliphatic hydroxyl groups excluding tert-OH is 1. The number of likely N-dealkylation sites (tertiary alicyclic amines) is 1. The van der Waals surface area contributed by atoms with Crippen molar-refractivity contribution in [2.75, 3.05) is 44.2 Å². The second kappa shape index (κ2) is 18.1. The molecule has 4 aromatic rings. The Bertz CT molecular complexity index is 2100. The van der Waals surface area contributed by atoms with E-state index in [-0.39, 0.29) is 32.6 Å². The maximum Gasteiger partial charge on any atom is 0.335 e. The Morgan fingerprint density at radius 2 is 1.73 bits per heavy atom. The van der Waals surface area contributed by atoms with Gasteiger partial charge in [0.2, 0.25) is 0 Å². The highest BCUT2D eigenvalue weighted by Crippen LogP contribution is 2.40. The minimum absolute atomic E-state index is 0.103. The number of aromatic nitrogens is 1. The van der Waals surface area contributed by atoms with E-state index in [0.717, 1.165) is 54.7 Å². The number of anilines is 1. The number of aryl methyl sites for hydroxylation is 1. The molecule has 1 aromatic heterocycles. The number of halogens is 1. The predicted octanol–water partition coefficient (Wildman–Crippen LogP) is 4.94. The van der Waals surface area contributed by atoms with Gasteiger partial charge in [0.1, 0.15) is 36.8 Å². The van der Waals surface area contributed by atoms with Gasteiger partial charge in [0, 0.05) is 79.1 Å². The number of carboxylic acid groups (broad SMARTS) is 2. The molecule has 2 aliphatic heterocycles. The van der Waals surface area contributed by atoms with Crippen LogP contribution in [0.1, 0.15) is 52.6 Å². The average molecular weight is 784 g/mol. The molecule has 0 radical (unpaired) electrons. The molecule has 0 aliphatic carbocycles. The monoisotopic (exact) mass is 783 g/mol. The molecule has 5 N–H and O–H groups in total. The normalized spacial score (nSPS) is 15.5. The first-order valence-electron chi connectivity index (χ1n) is 18.6. The van der Waals surface area contributed by atoms with Crippen LogP contribution in [0, 0.1) is 18.3 Å². The Hall–Kier alpha value is -5.23. The van der Waals surface area contributed by atoms with Gasteiger partial charge >= 0.3 is 11.9 Å². The lowest BCUT2D eigenvalue weighted by atomic mass is 9.91. The van der Waals surface area contributed by atoms with E-state index >= 15 is 0 Å². The molecule has 1 atom stereocenters. The number of aliphatic carboxylic acids is 2. The van der Waals surface area contributed by atoms with E-state index < -0.39 is 30.2 Å². The Kier molecular flexibility index (Phi) is 13.1. The van der Waals surface area contributed by atoms with Crippen molar-refractivity contribution in [1.29, 1.82) is 5.26 Å². The summed E-state index contributed by atoms with van der Waals surface area (Å²) >= 11 is 7.12. The van der Waals surface area contributed by atoms with Crippen molar-refractivity contribution in [3.05, 3.63) is 105 Å². The highest BCUT2D eigenvalue weighted by atomic mass is 35.5.